The normalized spacial score (nSPS) is 26.0. The molecule has 0 heterocycles. The molecule has 0 saturated heterocycles. The Morgan fingerprint density at radius 1 is 1.28 bits per heavy atom. The van der Waals surface area contributed by atoms with Gasteiger partial charge in [-0.15, -0.1) is 0 Å². The predicted molar refractivity (Wildman–Crippen MR) is 79.4 cm³/mol. The maximum Gasteiger partial charge on any atom is 0.0468 e. The largest absolute Gasteiger partial charge is 0.307 e. The molecule has 2 rings (SSSR count). The van der Waals surface area contributed by atoms with Gasteiger partial charge in [-0.2, -0.15) is 0 Å². The molecule has 3 heteroatoms. The van der Waals surface area contributed by atoms with E-state index in [-0.39, 0.29) is 6.04 Å². The molecular formula is C15H21Cl2N. The van der Waals surface area contributed by atoms with Gasteiger partial charge in [-0.25, -0.2) is 0 Å². The van der Waals surface area contributed by atoms with E-state index in [4.69, 9.17) is 23.2 Å². The Kier molecular flexibility index (Phi) is 4.94. The molecule has 0 aliphatic heterocycles. The third kappa shape index (κ3) is 3.63. The Balaban J connectivity index is 2.00. The van der Waals surface area contributed by atoms with E-state index in [1.165, 1.54) is 25.7 Å². The van der Waals surface area contributed by atoms with Crippen molar-refractivity contribution in [3.63, 3.8) is 0 Å². The molecule has 1 fully saturated rings. The van der Waals surface area contributed by atoms with Gasteiger partial charge in [0.05, 0.1) is 0 Å². The molecule has 1 saturated carbocycles. The second-order valence-electron chi connectivity index (χ2n) is 5.52. The zero-order chi connectivity index (χ0) is 13.1. The first-order valence-electron chi connectivity index (χ1n) is 6.77. The van der Waals surface area contributed by atoms with Gasteiger partial charge < -0.3 is 5.32 Å². The minimum atomic E-state index is 0.282. The summed E-state index contributed by atoms with van der Waals surface area (Å²) in [5.74, 6) is 0.837. The van der Waals surface area contributed by atoms with Crippen LogP contribution in [-0.4, -0.2) is 6.04 Å². The number of rotatable bonds is 3. The van der Waals surface area contributed by atoms with Crippen LogP contribution in [-0.2, 0) is 0 Å². The molecule has 3 unspecified atom stereocenters. The summed E-state index contributed by atoms with van der Waals surface area (Å²) in [5.41, 5.74) is 1.14. The third-order valence-corrected chi connectivity index (χ3v) is 4.41. The highest BCUT2D eigenvalue weighted by Crippen LogP contribution is 2.29. The van der Waals surface area contributed by atoms with Crippen LogP contribution in [0.3, 0.4) is 0 Å². The Morgan fingerprint density at radius 2 is 2.06 bits per heavy atom. The second kappa shape index (κ2) is 6.27. The number of benzene rings is 1. The average Bonchev–Trinajstić information content (AvgIpc) is 2.28. The van der Waals surface area contributed by atoms with Gasteiger partial charge in [-0.1, -0.05) is 49.0 Å². The van der Waals surface area contributed by atoms with E-state index in [9.17, 15) is 0 Å². The average molecular weight is 286 g/mol. The Morgan fingerprint density at radius 3 is 2.72 bits per heavy atom. The zero-order valence-corrected chi connectivity index (χ0v) is 12.6. The van der Waals surface area contributed by atoms with Crippen LogP contribution in [0.5, 0.6) is 0 Å². The molecule has 0 amide bonds. The van der Waals surface area contributed by atoms with E-state index in [1.54, 1.807) is 0 Å². The molecule has 1 nitrogen and oxygen atoms in total. The number of hydrogen-bond acceptors (Lipinski definition) is 1. The van der Waals surface area contributed by atoms with E-state index in [0.717, 1.165) is 16.5 Å². The van der Waals surface area contributed by atoms with Gasteiger partial charge in [-0.3, -0.25) is 0 Å². The lowest BCUT2D eigenvalue weighted by Gasteiger charge is -2.30. The summed E-state index contributed by atoms with van der Waals surface area (Å²) in [6, 6.07) is 6.65. The lowest BCUT2D eigenvalue weighted by atomic mass is 9.86. The molecule has 0 radical (unpaired) electrons. The molecule has 0 bridgehead atoms. The summed E-state index contributed by atoms with van der Waals surface area (Å²) in [5, 5.41) is 5.15. The van der Waals surface area contributed by atoms with E-state index < -0.39 is 0 Å². The first-order chi connectivity index (χ1) is 8.56. The zero-order valence-electron chi connectivity index (χ0n) is 11.0. The SMILES string of the molecule is CC1CCCC(NC(C)c2ccc(Cl)cc2Cl)C1. The van der Waals surface area contributed by atoms with E-state index in [0.29, 0.717) is 11.1 Å². The van der Waals surface area contributed by atoms with Crippen molar-refractivity contribution in [2.24, 2.45) is 5.92 Å². The molecular weight excluding hydrogens is 265 g/mol. The van der Waals surface area contributed by atoms with Gasteiger partial charge in [-0.05, 0) is 43.4 Å². The van der Waals surface area contributed by atoms with E-state index in [2.05, 4.69) is 19.2 Å². The van der Waals surface area contributed by atoms with E-state index >= 15 is 0 Å². The molecule has 0 aromatic heterocycles. The molecule has 18 heavy (non-hydrogen) atoms. The highest BCUT2D eigenvalue weighted by molar-refractivity contribution is 6.35. The second-order valence-corrected chi connectivity index (χ2v) is 6.37. The van der Waals surface area contributed by atoms with Gasteiger partial charge in [0.25, 0.3) is 0 Å². The van der Waals surface area contributed by atoms with Crippen LogP contribution in [0.15, 0.2) is 18.2 Å². The highest BCUT2D eigenvalue weighted by atomic mass is 35.5. The predicted octanol–water partition coefficient (Wildman–Crippen LogP) is 5.22. The van der Waals surface area contributed by atoms with Crippen molar-refractivity contribution >= 4 is 23.2 Å². The van der Waals surface area contributed by atoms with Gasteiger partial charge in [0, 0.05) is 22.1 Å². The maximum absolute atomic E-state index is 6.25. The Labute approximate surface area is 120 Å². The number of nitrogens with one attached hydrogen (secondary N) is 1. The fourth-order valence-corrected chi connectivity index (χ4v) is 3.45. The van der Waals surface area contributed by atoms with Crippen LogP contribution >= 0.6 is 23.2 Å². The fraction of sp³-hybridized carbons (Fsp3) is 0.600. The van der Waals surface area contributed by atoms with Crippen LogP contribution in [0.1, 0.15) is 51.1 Å². The van der Waals surface area contributed by atoms with Crippen LogP contribution in [0.25, 0.3) is 0 Å². The Bertz CT molecular complexity index is 405. The molecule has 1 aliphatic rings. The summed E-state index contributed by atoms with van der Waals surface area (Å²) < 4.78 is 0. The van der Waals surface area contributed by atoms with Gasteiger partial charge in [0.2, 0.25) is 0 Å². The lowest BCUT2D eigenvalue weighted by Crippen LogP contribution is -2.35. The summed E-state index contributed by atoms with van der Waals surface area (Å²) in [4.78, 5) is 0. The van der Waals surface area contributed by atoms with Gasteiger partial charge in [0.1, 0.15) is 0 Å². The molecule has 1 aromatic rings. The molecule has 0 spiro atoms. The summed E-state index contributed by atoms with van der Waals surface area (Å²) >= 11 is 12.2. The summed E-state index contributed by atoms with van der Waals surface area (Å²) in [6.45, 7) is 4.52. The minimum absolute atomic E-state index is 0.282. The Hall–Kier alpha value is -0.240. The topological polar surface area (TPSA) is 12.0 Å². The van der Waals surface area contributed by atoms with Crippen LogP contribution in [0.4, 0.5) is 0 Å². The van der Waals surface area contributed by atoms with Crippen molar-refractivity contribution in [2.45, 2.75) is 51.6 Å². The van der Waals surface area contributed by atoms with Crippen LogP contribution < -0.4 is 5.32 Å². The standard InChI is InChI=1S/C15H21Cl2N/c1-10-4-3-5-13(8-10)18-11(2)14-7-6-12(16)9-15(14)17/h6-7,9-11,13,18H,3-5,8H2,1-2H3. The molecule has 1 aromatic carbocycles. The van der Waals surface area contributed by atoms with Crippen molar-refractivity contribution in [3.05, 3.63) is 33.8 Å². The van der Waals surface area contributed by atoms with Crippen molar-refractivity contribution in [1.29, 1.82) is 0 Å². The smallest absolute Gasteiger partial charge is 0.0468 e. The van der Waals surface area contributed by atoms with Gasteiger partial charge in [0.15, 0.2) is 0 Å². The van der Waals surface area contributed by atoms with Gasteiger partial charge >= 0.3 is 0 Å². The third-order valence-electron chi connectivity index (χ3n) is 3.85. The number of hydrogen-bond donors (Lipinski definition) is 1. The minimum Gasteiger partial charge on any atom is -0.307 e. The van der Waals surface area contributed by atoms with Crippen LogP contribution in [0, 0.1) is 5.92 Å². The first kappa shape index (κ1) is 14.2. The first-order valence-corrected chi connectivity index (χ1v) is 7.53. The monoisotopic (exact) mass is 285 g/mol. The maximum atomic E-state index is 6.25. The van der Waals surface area contributed by atoms with Crippen molar-refractivity contribution in [2.75, 3.05) is 0 Å². The summed E-state index contributed by atoms with van der Waals surface area (Å²) in [7, 11) is 0. The molecule has 100 valence electrons. The number of halogens is 2. The fourth-order valence-electron chi connectivity index (χ4n) is 2.88. The molecule has 1 N–H and O–H groups in total. The molecule has 1 aliphatic carbocycles. The van der Waals surface area contributed by atoms with Crippen molar-refractivity contribution in [3.8, 4) is 0 Å². The van der Waals surface area contributed by atoms with Crippen molar-refractivity contribution < 1.29 is 0 Å². The summed E-state index contributed by atoms with van der Waals surface area (Å²) in [6.07, 6.45) is 5.25. The highest BCUT2D eigenvalue weighted by Gasteiger charge is 2.21. The molecule has 3 atom stereocenters. The van der Waals surface area contributed by atoms with Crippen molar-refractivity contribution in [1.82, 2.24) is 5.32 Å². The van der Waals surface area contributed by atoms with Crippen LogP contribution in [0.2, 0.25) is 10.0 Å². The van der Waals surface area contributed by atoms with E-state index in [1.807, 2.05) is 18.2 Å². The quantitative estimate of drug-likeness (QED) is 0.803. The lowest BCUT2D eigenvalue weighted by molar-refractivity contribution is 0.285.